The molecule has 8 nitrogen and oxygen atoms in total. The maximum absolute atomic E-state index is 12.5. The lowest BCUT2D eigenvalue weighted by Gasteiger charge is -2.20. The molecule has 8 heteroatoms. The molecule has 2 aromatic rings. The van der Waals surface area contributed by atoms with Gasteiger partial charge >= 0.3 is 5.97 Å². The van der Waals surface area contributed by atoms with Gasteiger partial charge < -0.3 is 15.1 Å². The van der Waals surface area contributed by atoms with E-state index in [0.717, 1.165) is 4.90 Å². The fraction of sp³-hybridized carbons (Fsp3) is 0.333. The number of β-amino-alcohol motifs (C(OH)–C–C–N with tert-alkyl or cyclic N) is 1. The summed E-state index contributed by atoms with van der Waals surface area (Å²) in [6, 6.07) is -1.01. The second-order valence-corrected chi connectivity index (χ2v) is 4.67. The Morgan fingerprint density at radius 3 is 2.90 bits per heavy atom. The Kier molecular flexibility index (Phi) is 2.87. The van der Waals surface area contributed by atoms with E-state index < -0.39 is 24.0 Å². The van der Waals surface area contributed by atoms with Crippen LogP contribution in [0.25, 0.3) is 5.52 Å². The topological polar surface area (TPSA) is 108 Å². The van der Waals surface area contributed by atoms with Gasteiger partial charge in [-0.15, -0.1) is 0 Å². The maximum atomic E-state index is 12.5. The second kappa shape index (κ2) is 4.57. The monoisotopic (exact) mass is 276 g/mol. The Bertz CT molecular complexity index is 683. The fourth-order valence-corrected chi connectivity index (χ4v) is 2.43. The molecule has 1 amide bonds. The van der Waals surface area contributed by atoms with E-state index in [2.05, 4.69) is 10.1 Å². The summed E-state index contributed by atoms with van der Waals surface area (Å²) in [4.78, 5) is 28.7. The molecule has 104 valence electrons. The predicted molar refractivity (Wildman–Crippen MR) is 66.1 cm³/mol. The van der Waals surface area contributed by atoms with Crippen LogP contribution in [0.4, 0.5) is 0 Å². The Labute approximate surface area is 113 Å². The molecule has 3 rings (SSSR count). The van der Waals surface area contributed by atoms with Crippen molar-refractivity contribution >= 4 is 17.4 Å². The summed E-state index contributed by atoms with van der Waals surface area (Å²) in [6.07, 6.45) is 5.22. The van der Waals surface area contributed by atoms with E-state index in [1.807, 2.05) is 0 Å². The van der Waals surface area contributed by atoms with Crippen LogP contribution in [0.15, 0.2) is 24.8 Å². The zero-order valence-corrected chi connectivity index (χ0v) is 10.4. The van der Waals surface area contributed by atoms with Gasteiger partial charge in [0.25, 0.3) is 5.91 Å². The number of fused-ring (bicyclic) bond motifs is 1. The van der Waals surface area contributed by atoms with Crippen LogP contribution in [0.1, 0.15) is 16.8 Å². The molecule has 1 saturated heterocycles. The van der Waals surface area contributed by atoms with Gasteiger partial charge in [-0.3, -0.25) is 9.78 Å². The van der Waals surface area contributed by atoms with Gasteiger partial charge in [0.2, 0.25) is 0 Å². The van der Waals surface area contributed by atoms with Gasteiger partial charge in [-0.2, -0.15) is 5.10 Å². The Morgan fingerprint density at radius 2 is 2.15 bits per heavy atom. The molecule has 1 unspecified atom stereocenters. The van der Waals surface area contributed by atoms with Crippen molar-refractivity contribution in [1.82, 2.24) is 19.5 Å². The molecule has 0 aromatic carbocycles. The molecule has 2 N–H and O–H groups in total. The lowest BCUT2D eigenvalue weighted by Crippen LogP contribution is -2.40. The summed E-state index contributed by atoms with van der Waals surface area (Å²) in [5.74, 6) is -1.58. The van der Waals surface area contributed by atoms with E-state index in [4.69, 9.17) is 5.11 Å². The average Bonchev–Trinajstić information content (AvgIpc) is 3.01. The maximum Gasteiger partial charge on any atom is 0.326 e. The summed E-state index contributed by atoms with van der Waals surface area (Å²) in [6.45, 7) is 0.00734. The third-order valence-corrected chi connectivity index (χ3v) is 3.38. The van der Waals surface area contributed by atoms with Crippen molar-refractivity contribution in [2.75, 3.05) is 6.54 Å². The van der Waals surface area contributed by atoms with Gasteiger partial charge in [0.1, 0.15) is 6.04 Å². The molecule has 0 aliphatic carbocycles. The molecule has 20 heavy (non-hydrogen) atoms. The lowest BCUT2D eigenvalue weighted by molar-refractivity contribution is -0.141. The largest absolute Gasteiger partial charge is 0.480 e. The lowest BCUT2D eigenvalue weighted by atomic mass is 10.2. The minimum absolute atomic E-state index is 0.00734. The zero-order valence-electron chi connectivity index (χ0n) is 10.4. The molecule has 2 aromatic heterocycles. The number of aromatic nitrogens is 3. The first-order valence-electron chi connectivity index (χ1n) is 6.07. The van der Waals surface area contributed by atoms with Crippen LogP contribution < -0.4 is 0 Å². The summed E-state index contributed by atoms with van der Waals surface area (Å²) in [7, 11) is 0. The highest BCUT2D eigenvalue weighted by atomic mass is 16.4. The van der Waals surface area contributed by atoms with Crippen molar-refractivity contribution in [3.8, 4) is 0 Å². The number of rotatable bonds is 2. The number of nitrogens with zero attached hydrogens (tertiary/aromatic N) is 4. The highest BCUT2D eigenvalue weighted by Gasteiger charge is 2.39. The quantitative estimate of drug-likeness (QED) is 0.757. The number of hydrogen-bond acceptors (Lipinski definition) is 5. The standard InChI is InChI=1S/C12H12N4O4/c17-7-3-9(12(19)20)15(6-7)11(18)8-4-14-16-2-1-13-5-10(8)16/h1-2,4-5,7,9,17H,3,6H2,(H,19,20)/t7?,9-/m0/s1. The molecule has 0 spiro atoms. The first-order valence-corrected chi connectivity index (χ1v) is 6.07. The molecule has 0 radical (unpaired) electrons. The third kappa shape index (κ3) is 1.90. The second-order valence-electron chi connectivity index (χ2n) is 4.67. The Morgan fingerprint density at radius 1 is 1.35 bits per heavy atom. The molecular weight excluding hydrogens is 264 g/mol. The van der Waals surface area contributed by atoms with Crippen molar-refractivity contribution in [3.63, 3.8) is 0 Å². The van der Waals surface area contributed by atoms with Gasteiger partial charge in [-0.05, 0) is 0 Å². The van der Waals surface area contributed by atoms with E-state index >= 15 is 0 Å². The summed E-state index contributed by atoms with van der Waals surface area (Å²) in [5.41, 5.74) is 0.779. The molecule has 2 atom stereocenters. The zero-order chi connectivity index (χ0) is 14.3. The number of carbonyl (C=O) groups is 2. The Balaban J connectivity index is 1.98. The van der Waals surface area contributed by atoms with Crippen LogP contribution in [-0.4, -0.2) is 60.3 Å². The molecule has 0 bridgehead atoms. The number of carboxylic acids is 1. The number of aliphatic carboxylic acids is 1. The van der Waals surface area contributed by atoms with Crippen molar-refractivity contribution in [1.29, 1.82) is 0 Å². The van der Waals surface area contributed by atoms with Gasteiger partial charge in [-0.1, -0.05) is 0 Å². The van der Waals surface area contributed by atoms with Crippen LogP contribution >= 0.6 is 0 Å². The van der Waals surface area contributed by atoms with E-state index in [0.29, 0.717) is 5.52 Å². The van der Waals surface area contributed by atoms with E-state index in [-0.39, 0.29) is 18.5 Å². The SMILES string of the molecule is O=C(O)[C@@H]1CC(O)CN1C(=O)c1cnn2ccncc12. The molecule has 0 saturated carbocycles. The minimum Gasteiger partial charge on any atom is -0.480 e. The van der Waals surface area contributed by atoms with Crippen LogP contribution in [0.2, 0.25) is 0 Å². The molecule has 1 aliphatic rings. The number of hydrogen-bond donors (Lipinski definition) is 2. The average molecular weight is 276 g/mol. The summed E-state index contributed by atoms with van der Waals surface area (Å²) in [5, 5.41) is 22.7. The third-order valence-electron chi connectivity index (χ3n) is 3.38. The van der Waals surface area contributed by atoms with Gasteiger partial charge in [0.05, 0.1) is 29.6 Å². The van der Waals surface area contributed by atoms with E-state index in [9.17, 15) is 14.7 Å². The number of carboxylic acid groups (broad SMARTS) is 1. The van der Waals surface area contributed by atoms with Crippen molar-refractivity contribution < 1.29 is 19.8 Å². The first-order chi connectivity index (χ1) is 9.58. The molecule has 1 fully saturated rings. The highest BCUT2D eigenvalue weighted by molar-refractivity contribution is 6.02. The van der Waals surface area contributed by atoms with Crippen molar-refractivity contribution in [2.24, 2.45) is 0 Å². The number of aliphatic hydroxyl groups excluding tert-OH is 1. The highest BCUT2D eigenvalue weighted by Crippen LogP contribution is 2.22. The van der Waals surface area contributed by atoms with Crippen molar-refractivity contribution in [3.05, 3.63) is 30.4 Å². The first kappa shape index (κ1) is 12.5. The van der Waals surface area contributed by atoms with Gasteiger partial charge in [0, 0.05) is 25.4 Å². The normalized spacial score (nSPS) is 22.4. The number of aliphatic hydroxyl groups is 1. The van der Waals surface area contributed by atoms with Crippen LogP contribution in [-0.2, 0) is 4.79 Å². The number of amides is 1. The minimum atomic E-state index is -1.12. The number of likely N-dealkylation sites (tertiary alicyclic amines) is 1. The molecule has 1 aliphatic heterocycles. The summed E-state index contributed by atoms with van der Waals surface area (Å²) >= 11 is 0. The Hall–Kier alpha value is -2.48. The van der Waals surface area contributed by atoms with E-state index in [1.54, 1.807) is 6.20 Å². The van der Waals surface area contributed by atoms with Crippen LogP contribution in [0.3, 0.4) is 0 Å². The summed E-state index contributed by atoms with van der Waals surface area (Å²) < 4.78 is 1.49. The van der Waals surface area contributed by atoms with Gasteiger partial charge in [-0.25, -0.2) is 9.31 Å². The fourth-order valence-electron chi connectivity index (χ4n) is 2.43. The van der Waals surface area contributed by atoms with Crippen LogP contribution in [0, 0.1) is 0 Å². The number of carbonyl (C=O) groups excluding carboxylic acids is 1. The van der Waals surface area contributed by atoms with Gasteiger partial charge in [0.15, 0.2) is 0 Å². The van der Waals surface area contributed by atoms with E-state index in [1.165, 1.54) is 23.1 Å². The molecular formula is C12H12N4O4. The predicted octanol–water partition coefficient (Wildman–Crippen LogP) is -0.611. The van der Waals surface area contributed by atoms with Crippen LogP contribution in [0.5, 0.6) is 0 Å². The smallest absolute Gasteiger partial charge is 0.326 e. The molecule has 3 heterocycles. The van der Waals surface area contributed by atoms with Crippen molar-refractivity contribution in [2.45, 2.75) is 18.6 Å².